The fraction of sp³-hybridized carbons (Fsp3) is 0.286. The van der Waals surface area contributed by atoms with Crippen LogP contribution in [0.2, 0.25) is 0 Å². The first kappa shape index (κ1) is 14.5. The molecule has 0 aromatic carbocycles. The number of fused-ring (bicyclic) bond motifs is 1. The van der Waals surface area contributed by atoms with Gasteiger partial charge in [0.05, 0.1) is 21.3 Å². The third kappa shape index (κ3) is 2.80. The number of nitrogens with one attached hydrogen (secondary N) is 1. The molecule has 0 spiro atoms. The third-order valence-corrected chi connectivity index (χ3v) is 4.53. The Bertz CT molecular complexity index is 675. The molecule has 2 aromatic heterocycles. The number of aromatic amines is 1. The molecule has 2 heterocycles. The molecular formula is C14H19N4OS+. The summed E-state index contributed by atoms with van der Waals surface area (Å²) in [6, 6.07) is 1.90. The number of aromatic nitrogens is 2. The van der Waals surface area contributed by atoms with Gasteiger partial charge in [0.2, 0.25) is 0 Å². The summed E-state index contributed by atoms with van der Waals surface area (Å²) in [5, 5.41) is 6.44. The van der Waals surface area contributed by atoms with Crippen LogP contribution in [0.1, 0.15) is 25.3 Å². The van der Waals surface area contributed by atoms with Crippen molar-refractivity contribution < 1.29 is 9.62 Å². The second-order valence-electron chi connectivity index (χ2n) is 4.46. The van der Waals surface area contributed by atoms with Crippen molar-refractivity contribution in [3.63, 3.8) is 0 Å². The lowest BCUT2D eigenvalue weighted by Gasteiger charge is -2.02. The molecule has 2 aromatic rings. The topological polar surface area (TPSA) is 97.4 Å². The first-order valence-electron chi connectivity index (χ1n) is 6.54. The highest BCUT2D eigenvalue weighted by atomic mass is 32.2. The van der Waals surface area contributed by atoms with Crippen molar-refractivity contribution in [2.24, 2.45) is 5.73 Å². The van der Waals surface area contributed by atoms with E-state index in [1.807, 2.05) is 6.07 Å². The van der Waals surface area contributed by atoms with Gasteiger partial charge in [-0.1, -0.05) is 13.3 Å². The lowest BCUT2D eigenvalue weighted by Crippen LogP contribution is -2.30. The smallest absolute Gasteiger partial charge is 0.169 e. The van der Waals surface area contributed by atoms with Crippen molar-refractivity contribution in [3.8, 4) is 0 Å². The minimum absolute atomic E-state index is 0.659. The Hall–Kier alpha value is -1.95. The van der Waals surface area contributed by atoms with E-state index in [1.165, 1.54) is 12.4 Å². The van der Waals surface area contributed by atoms with Gasteiger partial charge in [-0.2, -0.15) is 0 Å². The Labute approximate surface area is 120 Å². The lowest BCUT2D eigenvalue weighted by molar-refractivity contribution is -0.103. The lowest BCUT2D eigenvalue weighted by atomic mass is 10.1. The molecule has 20 heavy (non-hydrogen) atoms. The fourth-order valence-corrected chi connectivity index (χ4v) is 3.18. The van der Waals surface area contributed by atoms with Crippen molar-refractivity contribution in [1.82, 2.24) is 9.97 Å². The summed E-state index contributed by atoms with van der Waals surface area (Å²) in [5.74, 6) is 0.659. The average molecular weight is 291 g/mol. The monoisotopic (exact) mass is 291 g/mol. The molecule has 2 rings (SSSR count). The van der Waals surface area contributed by atoms with Crippen LogP contribution in [0, 0.1) is 0 Å². The molecule has 0 aliphatic rings. The highest BCUT2D eigenvalue weighted by Crippen LogP contribution is 2.24. The molecule has 1 atom stereocenters. The molecule has 0 aliphatic heterocycles. The van der Waals surface area contributed by atoms with Gasteiger partial charge in [0.1, 0.15) is 5.65 Å². The average Bonchev–Trinajstić information content (AvgIpc) is 2.89. The number of unbranched alkanes of at least 4 members (excludes halogenated alkanes) is 1. The van der Waals surface area contributed by atoms with Gasteiger partial charge in [-0.3, -0.25) is 9.62 Å². The predicted octanol–water partition coefficient (Wildman–Crippen LogP) is 0.600. The van der Waals surface area contributed by atoms with Crippen molar-refractivity contribution >= 4 is 33.6 Å². The Morgan fingerprint density at radius 1 is 1.60 bits per heavy atom. The maximum Gasteiger partial charge on any atom is 0.169 e. The van der Waals surface area contributed by atoms with E-state index in [4.69, 9.17) is 11.1 Å². The van der Waals surface area contributed by atoms with Gasteiger partial charge >= 0.3 is 0 Å². The number of hydrogen-bond donors (Lipinski definition) is 3. The molecule has 6 heteroatoms. The SMILES string of the molecule is CCCCS(=O)c1cnc2[nH]cc(C(C=[NH2+])=CN)c2c1. The van der Waals surface area contributed by atoms with Crippen molar-refractivity contribution in [3.05, 3.63) is 30.2 Å². The summed E-state index contributed by atoms with van der Waals surface area (Å²) in [6.45, 7) is 2.08. The zero-order chi connectivity index (χ0) is 14.5. The minimum Gasteiger partial charge on any atom is -0.404 e. The number of pyridine rings is 1. The Kier molecular flexibility index (Phi) is 4.68. The van der Waals surface area contributed by atoms with Gasteiger partial charge in [0.15, 0.2) is 6.21 Å². The van der Waals surface area contributed by atoms with Crippen LogP contribution in [-0.4, -0.2) is 26.1 Å². The molecule has 1 unspecified atom stereocenters. The summed E-state index contributed by atoms with van der Waals surface area (Å²) in [7, 11) is -1.02. The molecule has 5 N–H and O–H groups in total. The standard InChI is InChI=1S/C14H18N4OS/c1-2-3-4-20(19)11-5-12-13(10(6-15)7-16)9-18-14(12)17-8-11/h5-9,15H,2-4,16H2,1H3,(H,17,18)/p+1. The largest absolute Gasteiger partial charge is 0.404 e. The van der Waals surface area contributed by atoms with Crippen molar-refractivity contribution in [1.29, 1.82) is 0 Å². The van der Waals surface area contributed by atoms with Gasteiger partial charge in [0.25, 0.3) is 0 Å². The van der Waals surface area contributed by atoms with Crippen LogP contribution in [0.25, 0.3) is 16.6 Å². The number of nitrogens with zero attached hydrogens (tertiary/aromatic N) is 1. The van der Waals surface area contributed by atoms with Crippen LogP contribution in [0.5, 0.6) is 0 Å². The maximum atomic E-state index is 12.2. The molecule has 0 amide bonds. The van der Waals surface area contributed by atoms with E-state index in [9.17, 15) is 4.21 Å². The normalized spacial score (nSPS) is 13.6. The summed E-state index contributed by atoms with van der Waals surface area (Å²) in [5.41, 5.74) is 7.88. The Morgan fingerprint density at radius 2 is 2.40 bits per heavy atom. The van der Waals surface area contributed by atoms with E-state index in [-0.39, 0.29) is 0 Å². The van der Waals surface area contributed by atoms with Crippen LogP contribution in [0.4, 0.5) is 0 Å². The number of hydrogen-bond acceptors (Lipinski definition) is 3. The summed E-state index contributed by atoms with van der Waals surface area (Å²) in [6.07, 6.45) is 8.33. The molecule has 0 bridgehead atoms. The van der Waals surface area contributed by atoms with Gasteiger partial charge in [0, 0.05) is 35.3 Å². The van der Waals surface area contributed by atoms with Crippen LogP contribution < -0.4 is 11.1 Å². The number of H-pyrrole nitrogens is 1. The van der Waals surface area contributed by atoms with Gasteiger partial charge in [-0.15, -0.1) is 0 Å². The van der Waals surface area contributed by atoms with E-state index < -0.39 is 10.8 Å². The molecule has 106 valence electrons. The highest BCUT2D eigenvalue weighted by molar-refractivity contribution is 7.85. The minimum atomic E-state index is -1.02. The van der Waals surface area contributed by atoms with Crippen LogP contribution in [0.15, 0.2) is 29.6 Å². The maximum absolute atomic E-state index is 12.2. The second kappa shape index (κ2) is 6.47. The predicted molar refractivity (Wildman–Crippen MR) is 82.4 cm³/mol. The van der Waals surface area contributed by atoms with Crippen molar-refractivity contribution in [2.45, 2.75) is 24.7 Å². The van der Waals surface area contributed by atoms with E-state index in [0.29, 0.717) is 5.75 Å². The first-order chi connectivity index (χ1) is 9.71. The second-order valence-corrected chi connectivity index (χ2v) is 6.03. The van der Waals surface area contributed by atoms with E-state index in [0.717, 1.165) is 39.9 Å². The zero-order valence-electron chi connectivity index (χ0n) is 11.4. The molecule has 0 radical (unpaired) electrons. The molecule has 5 nitrogen and oxygen atoms in total. The molecule has 0 saturated carbocycles. The summed E-state index contributed by atoms with van der Waals surface area (Å²) >= 11 is 0. The first-order valence-corrected chi connectivity index (χ1v) is 7.85. The number of nitrogens with two attached hydrogens (primary N) is 2. The summed E-state index contributed by atoms with van der Waals surface area (Å²) < 4.78 is 12.2. The van der Waals surface area contributed by atoms with Crippen LogP contribution in [-0.2, 0) is 10.8 Å². The number of allylic oxidation sites excluding steroid dienone is 1. The molecule has 0 fully saturated rings. The quantitative estimate of drug-likeness (QED) is 0.680. The fourth-order valence-electron chi connectivity index (χ4n) is 1.98. The third-order valence-electron chi connectivity index (χ3n) is 3.12. The Morgan fingerprint density at radius 3 is 3.05 bits per heavy atom. The zero-order valence-corrected chi connectivity index (χ0v) is 12.2. The van der Waals surface area contributed by atoms with Crippen LogP contribution >= 0.6 is 0 Å². The van der Waals surface area contributed by atoms with E-state index in [1.54, 1.807) is 12.4 Å². The molecular weight excluding hydrogens is 272 g/mol. The summed E-state index contributed by atoms with van der Waals surface area (Å²) in [4.78, 5) is 8.11. The van der Waals surface area contributed by atoms with Gasteiger partial charge in [-0.25, -0.2) is 4.98 Å². The van der Waals surface area contributed by atoms with Crippen molar-refractivity contribution in [2.75, 3.05) is 5.75 Å². The molecule has 0 aliphatic carbocycles. The molecule has 0 saturated heterocycles. The van der Waals surface area contributed by atoms with E-state index >= 15 is 0 Å². The van der Waals surface area contributed by atoms with Gasteiger partial charge in [-0.05, 0) is 12.5 Å². The Balaban J connectivity index is 2.44. The highest BCUT2D eigenvalue weighted by Gasteiger charge is 2.12. The van der Waals surface area contributed by atoms with Gasteiger partial charge < -0.3 is 10.7 Å². The van der Waals surface area contributed by atoms with Crippen LogP contribution in [0.3, 0.4) is 0 Å². The number of rotatable bonds is 6. The van der Waals surface area contributed by atoms with E-state index in [2.05, 4.69) is 16.9 Å².